The highest BCUT2D eigenvalue weighted by atomic mass is 14.1. The van der Waals surface area contributed by atoms with Gasteiger partial charge in [-0.1, -0.05) is 55.5 Å². The normalized spacial score (nSPS) is 22.8. The molecule has 0 heterocycles. The van der Waals surface area contributed by atoms with E-state index in [1.807, 2.05) is 0 Å². The zero-order chi connectivity index (χ0) is 10.7. The van der Waals surface area contributed by atoms with Crippen LogP contribution in [0.15, 0.2) is 48.6 Å². The van der Waals surface area contributed by atoms with Crippen LogP contribution in [0, 0.1) is 0 Å². The maximum absolute atomic E-state index is 2.21. The Morgan fingerprint density at radius 1 is 1.07 bits per heavy atom. The first-order valence-electron chi connectivity index (χ1n) is 5.49. The lowest BCUT2D eigenvalue weighted by Crippen LogP contribution is -1.83. The van der Waals surface area contributed by atoms with Gasteiger partial charge in [0.15, 0.2) is 0 Å². The van der Waals surface area contributed by atoms with Crippen molar-refractivity contribution < 1.29 is 0 Å². The molecule has 0 aromatic heterocycles. The quantitative estimate of drug-likeness (QED) is 0.622. The Labute approximate surface area is 91.6 Å². The number of benzene rings is 1. The van der Waals surface area contributed by atoms with Crippen molar-refractivity contribution in [2.75, 3.05) is 0 Å². The van der Waals surface area contributed by atoms with Gasteiger partial charge in [0.2, 0.25) is 0 Å². The maximum atomic E-state index is 2.21. The first-order valence-corrected chi connectivity index (χ1v) is 5.49. The number of rotatable bonds is 1. The minimum Gasteiger partial charge on any atom is -0.0798 e. The van der Waals surface area contributed by atoms with Gasteiger partial charge < -0.3 is 0 Å². The van der Waals surface area contributed by atoms with Gasteiger partial charge in [-0.25, -0.2) is 0 Å². The Hall–Kier alpha value is -1.56. The minimum absolute atomic E-state index is 1.08. The molecule has 15 heavy (non-hydrogen) atoms. The molecule has 0 saturated heterocycles. The largest absolute Gasteiger partial charge is 0.0798 e. The molecule has 0 fully saturated rings. The van der Waals surface area contributed by atoms with Crippen LogP contribution in [-0.2, 0) is 0 Å². The van der Waals surface area contributed by atoms with Gasteiger partial charge in [0, 0.05) is 0 Å². The molecule has 0 amide bonds. The van der Waals surface area contributed by atoms with Gasteiger partial charge in [0.1, 0.15) is 0 Å². The van der Waals surface area contributed by atoms with Gasteiger partial charge in [0.25, 0.3) is 0 Å². The highest BCUT2D eigenvalue weighted by Crippen LogP contribution is 2.24. The molecule has 3 rings (SSSR count). The van der Waals surface area contributed by atoms with Crippen LogP contribution < -0.4 is 0 Å². The molecule has 0 saturated carbocycles. The lowest BCUT2D eigenvalue weighted by molar-refractivity contribution is 1.24. The Morgan fingerprint density at radius 3 is 2.33 bits per heavy atom. The van der Waals surface area contributed by atoms with E-state index >= 15 is 0 Å². The molecule has 1 aromatic carbocycles. The topological polar surface area (TPSA) is 0 Å². The third-order valence-electron chi connectivity index (χ3n) is 2.85. The number of allylic oxidation sites excluding steroid dienone is 6. The summed E-state index contributed by atoms with van der Waals surface area (Å²) in [6, 6.07) is 8.82. The molecular weight excluding hydrogens is 180 g/mol. The molecule has 0 unspecified atom stereocenters. The average molecular weight is 196 g/mol. The SMILES string of the molecule is C\C=C1/C=C\C=C(\CC)c2ccc1cc2. The Balaban J connectivity index is 2.59. The molecule has 0 spiro atoms. The van der Waals surface area contributed by atoms with Crippen LogP contribution in [0.3, 0.4) is 0 Å². The molecule has 2 aliphatic carbocycles. The van der Waals surface area contributed by atoms with E-state index in [0.29, 0.717) is 0 Å². The van der Waals surface area contributed by atoms with Crippen molar-refractivity contribution in [2.24, 2.45) is 0 Å². The lowest BCUT2D eigenvalue weighted by atomic mass is 10.0. The van der Waals surface area contributed by atoms with Crippen molar-refractivity contribution in [2.45, 2.75) is 20.3 Å². The predicted octanol–water partition coefficient (Wildman–Crippen LogP) is 4.45. The van der Waals surface area contributed by atoms with Crippen molar-refractivity contribution in [1.29, 1.82) is 0 Å². The summed E-state index contributed by atoms with van der Waals surface area (Å²) in [6.45, 7) is 4.28. The fourth-order valence-corrected chi connectivity index (χ4v) is 1.92. The molecule has 0 aliphatic heterocycles. The smallest absolute Gasteiger partial charge is 0.0187 e. The van der Waals surface area contributed by atoms with E-state index in [4.69, 9.17) is 0 Å². The zero-order valence-corrected chi connectivity index (χ0v) is 9.33. The van der Waals surface area contributed by atoms with E-state index in [0.717, 1.165) is 6.42 Å². The van der Waals surface area contributed by atoms with Gasteiger partial charge in [-0.3, -0.25) is 0 Å². The van der Waals surface area contributed by atoms with Crippen molar-refractivity contribution in [3.8, 4) is 0 Å². The second kappa shape index (κ2) is 4.31. The van der Waals surface area contributed by atoms with Gasteiger partial charge in [-0.05, 0) is 35.6 Å². The van der Waals surface area contributed by atoms with E-state index in [9.17, 15) is 0 Å². The summed E-state index contributed by atoms with van der Waals surface area (Å²) in [7, 11) is 0. The third-order valence-corrected chi connectivity index (χ3v) is 2.85. The zero-order valence-electron chi connectivity index (χ0n) is 9.33. The molecule has 0 N–H and O–H groups in total. The highest BCUT2D eigenvalue weighted by molar-refractivity contribution is 5.78. The summed E-state index contributed by atoms with van der Waals surface area (Å²) in [5, 5.41) is 0. The molecule has 0 atom stereocenters. The molecule has 76 valence electrons. The van der Waals surface area contributed by atoms with Gasteiger partial charge in [0.05, 0.1) is 0 Å². The Kier molecular flexibility index (Phi) is 2.86. The van der Waals surface area contributed by atoms with Crippen molar-refractivity contribution in [1.82, 2.24) is 0 Å². The third kappa shape index (κ3) is 1.94. The van der Waals surface area contributed by atoms with Crippen molar-refractivity contribution in [3.05, 3.63) is 59.7 Å². The monoisotopic (exact) mass is 196 g/mol. The highest BCUT2D eigenvalue weighted by Gasteiger charge is 2.02. The van der Waals surface area contributed by atoms with Crippen LogP contribution in [0.4, 0.5) is 0 Å². The molecule has 0 nitrogen and oxygen atoms in total. The summed E-state index contributed by atoms with van der Waals surface area (Å²) in [6.07, 6.45) is 9.76. The van der Waals surface area contributed by atoms with E-state index in [2.05, 4.69) is 62.4 Å². The first-order chi connectivity index (χ1) is 7.35. The molecule has 0 radical (unpaired) electrons. The van der Waals surface area contributed by atoms with Gasteiger partial charge in [-0.2, -0.15) is 0 Å². The van der Waals surface area contributed by atoms with Crippen LogP contribution in [-0.4, -0.2) is 0 Å². The summed E-state index contributed by atoms with van der Waals surface area (Å²) < 4.78 is 0. The van der Waals surface area contributed by atoms with Gasteiger partial charge in [-0.15, -0.1) is 0 Å². The standard InChI is InChI=1S/C15H16/c1-3-12-6-5-7-13(4-2)15-10-8-14(12)9-11-15/h3,5-11H,4H2,1-2H3/b6-5-,12-3+,13-7-. The number of hydrogen-bond donors (Lipinski definition) is 0. The van der Waals surface area contributed by atoms with Gasteiger partial charge >= 0.3 is 0 Å². The second-order valence-electron chi connectivity index (χ2n) is 3.73. The molecule has 2 aliphatic rings. The summed E-state index contributed by atoms with van der Waals surface area (Å²) >= 11 is 0. The predicted molar refractivity (Wildman–Crippen MR) is 67.5 cm³/mol. The van der Waals surface area contributed by atoms with E-state index in [1.165, 1.54) is 22.3 Å². The van der Waals surface area contributed by atoms with E-state index in [1.54, 1.807) is 0 Å². The molecular formula is C15H16. The molecule has 2 bridgehead atoms. The summed E-state index contributed by atoms with van der Waals surface area (Å²) in [4.78, 5) is 0. The minimum atomic E-state index is 1.08. The fraction of sp³-hybridized carbons (Fsp3) is 0.200. The molecule has 1 aromatic rings. The van der Waals surface area contributed by atoms with Crippen molar-refractivity contribution >= 4 is 11.1 Å². The molecule has 0 heteroatoms. The van der Waals surface area contributed by atoms with Crippen LogP contribution >= 0.6 is 0 Å². The average Bonchev–Trinajstić information content (AvgIpc) is 2.42. The fourth-order valence-electron chi connectivity index (χ4n) is 1.92. The van der Waals surface area contributed by atoms with Crippen LogP contribution in [0.2, 0.25) is 0 Å². The summed E-state index contributed by atoms with van der Waals surface area (Å²) in [5.74, 6) is 0. The van der Waals surface area contributed by atoms with Crippen LogP contribution in [0.25, 0.3) is 11.1 Å². The Bertz CT molecular complexity index is 428. The lowest BCUT2D eigenvalue weighted by Gasteiger charge is -2.04. The van der Waals surface area contributed by atoms with Crippen LogP contribution in [0.5, 0.6) is 0 Å². The maximum Gasteiger partial charge on any atom is -0.0187 e. The Morgan fingerprint density at radius 2 is 1.73 bits per heavy atom. The first kappa shape index (κ1) is 9.97. The van der Waals surface area contributed by atoms with Crippen LogP contribution in [0.1, 0.15) is 31.4 Å². The van der Waals surface area contributed by atoms with E-state index in [-0.39, 0.29) is 0 Å². The summed E-state index contributed by atoms with van der Waals surface area (Å²) in [5.41, 5.74) is 5.32. The second-order valence-corrected chi connectivity index (χ2v) is 3.73. The number of hydrogen-bond acceptors (Lipinski definition) is 0. The number of fused-ring (bicyclic) bond motifs is 4. The van der Waals surface area contributed by atoms with Crippen molar-refractivity contribution in [3.63, 3.8) is 0 Å². The van der Waals surface area contributed by atoms with E-state index < -0.39 is 0 Å².